The van der Waals surface area contributed by atoms with Crippen LogP contribution in [0.2, 0.25) is 0 Å². The second-order valence-corrected chi connectivity index (χ2v) is 6.24. The third-order valence-corrected chi connectivity index (χ3v) is 4.88. The van der Waals surface area contributed by atoms with Crippen LogP contribution in [-0.4, -0.2) is 43.6 Å². The lowest BCUT2D eigenvalue weighted by Crippen LogP contribution is -2.43. The summed E-state index contributed by atoms with van der Waals surface area (Å²) in [4.78, 5) is 13.8. The first-order valence-electron chi connectivity index (χ1n) is 7.22. The summed E-state index contributed by atoms with van der Waals surface area (Å²) in [6, 6.07) is 5.85. The Morgan fingerprint density at radius 3 is 2.95 bits per heavy atom. The van der Waals surface area contributed by atoms with Crippen molar-refractivity contribution in [3.8, 4) is 0 Å². The predicted octanol–water partition coefficient (Wildman–Crippen LogP) is 1.99. The first kappa shape index (κ1) is 14.3. The van der Waals surface area contributed by atoms with E-state index in [0.29, 0.717) is 0 Å². The van der Waals surface area contributed by atoms with Gasteiger partial charge < -0.3 is 16.0 Å². The van der Waals surface area contributed by atoms with Crippen molar-refractivity contribution in [2.75, 3.05) is 38.5 Å². The Hall–Kier alpha value is -1.65. The van der Waals surface area contributed by atoms with Gasteiger partial charge in [0.1, 0.15) is 5.94 Å². The zero-order valence-electron chi connectivity index (χ0n) is 11.9. The Kier molecular flexibility index (Phi) is 4.36. The fourth-order valence-electron chi connectivity index (χ4n) is 2.72. The average Bonchev–Trinajstić information content (AvgIpc) is 2.92. The van der Waals surface area contributed by atoms with Crippen LogP contribution in [0.1, 0.15) is 12.0 Å². The lowest BCUT2D eigenvalue weighted by atomic mass is 10.0. The van der Waals surface area contributed by atoms with Gasteiger partial charge in [-0.2, -0.15) is 0 Å². The standard InChI is InChI=1S/C16H19N3OS/c17-13-1-2-14-15(11-21-16(14)9-13)12(10-20)3-6-19-7-4-18-5-8-19/h1-2,9,11,18H,3-8,17H2. The molecule has 1 aromatic carbocycles. The molecule has 1 aliphatic heterocycles. The molecule has 2 aromatic rings. The number of rotatable bonds is 4. The van der Waals surface area contributed by atoms with Gasteiger partial charge in [-0.3, -0.25) is 0 Å². The summed E-state index contributed by atoms with van der Waals surface area (Å²) in [6.07, 6.45) is 0.750. The van der Waals surface area contributed by atoms with E-state index in [1.807, 2.05) is 23.6 Å². The molecular weight excluding hydrogens is 282 g/mol. The molecule has 5 heteroatoms. The largest absolute Gasteiger partial charge is 0.399 e. The normalized spacial score (nSPS) is 16.0. The lowest BCUT2D eigenvalue weighted by Gasteiger charge is -2.27. The fraction of sp³-hybridized carbons (Fsp3) is 0.375. The number of carbonyl (C=O) groups excluding carboxylic acids is 1. The lowest BCUT2D eigenvalue weighted by molar-refractivity contribution is 0.246. The van der Waals surface area contributed by atoms with E-state index in [2.05, 4.69) is 16.2 Å². The van der Waals surface area contributed by atoms with Crippen LogP contribution in [0.4, 0.5) is 5.69 Å². The molecular formula is C16H19N3OS. The zero-order valence-corrected chi connectivity index (χ0v) is 12.7. The molecule has 1 aromatic heterocycles. The number of nitrogens with one attached hydrogen (secondary N) is 1. The molecule has 110 valence electrons. The molecule has 0 radical (unpaired) electrons. The summed E-state index contributed by atoms with van der Waals surface area (Å²) >= 11 is 1.63. The number of thiophene rings is 1. The van der Waals surface area contributed by atoms with Crippen LogP contribution in [0, 0.1) is 0 Å². The van der Waals surface area contributed by atoms with Gasteiger partial charge in [0.25, 0.3) is 0 Å². The molecule has 1 fully saturated rings. The number of anilines is 1. The predicted molar refractivity (Wildman–Crippen MR) is 89.3 cm³/mol. The average molecular weight is 301 g/mol. The van der Waals surface area contributed by atoms with Crippen LogP contribution >= 0.6 is 11.3 Å². The quantitative estimate of drug-likeness (QED) is 0.670. The van der Waals surface area contributed by atoms with E-state index in [1.165, 1.54) is 0 Å². The number of nitrogens with zero attached hydrogens (tertiary/aromatic N) is 1. The van der Waals surface area contributed by atoms with Crippen molar-refractivity contribution in [2.45, 2.75) is 6.42 Å². The molecule has 1 aliphatic rings. The summed E-state index contributed by atoms with van der Waals surface area (Å²) in [5.74, 6) is 2.15. The molecule has 0 unspecified atom stereocenters. The van der Waals surface area contributed by atoms with Crippen LogP contribution < -0.4 is 11.1 Å². The van der Waals surface area contributed by atoms with E-state index in [9.17, 15) is 4.79 Å². The number of hydrogen-bond acceptors (Lipinski definition) is 5. The van der Waals surface area contributed by atoms with Crippen LogP contribution in [0.3, 0.4) is 0 Å². The molecule has 21 heavy (non-hydrogen) atoms. The van der Waals surface area contributed by atoms with E-state index in [0.717, 1.165) is 66.1 Å². The van der Waals surface area contributed by atoms with E-state index in [-0.39, 0.29) is 0 Å². The maximum absolute atomic E-state index is 11.4. The zero-order chi connectivity index (χ0) is 14.7. The first-order chi connectivity index (χ1) is 10.3. The van der Waals surface area contributed by atoms with Gasteiger partial charge in [0.2, 0.25) is 0 Å². The van der Waals surface area contributed by atoms with Gasteiger partial charge in [-0.15, -0.1) is 11.3 Å². The molecule has 0 bridgehead atoms. The van der Waals surface area contributed by atoms with Crippen molar-refractivity contribution in [2.24, 2.45) is 0 Å². The Morgan fingerprint density at radius 1 is 1.38 bits per heavy atom. The van der Waals surface area contributed by atoms with Gasteiger partial charge in [-0.1, -0.05) is 6.07 Å². The number of nitrogens with two attached hydrogens (primary N) is 1. The topological polar surface area (TPSA) is 58.4 Å². The van der Waals surface area contributed by atoms with Gasteiger partial charge in [0.15, 0.2) is 0 Å². The summed E-state index contributed by atoms with van der Waals surface area (Å²) in [6.45, 7) is 5.07. The SMILES string of the molecule is Nc1ccc2c(C(=C=O)CCN3CCNCC3)csc2c1. The van der Waals surface area contributed by atoms with Crippen molar-refractivity contribution >= 4 is 38.6 Å². The molecule has 0 atom stereocenters. The Bertz CT molecular complexity index is 682. The highest BCUT2D eigenvalue weighted by Crippen LogP contribution is 2.32. The number of fused-ring (bicyclic) bond motifs is 1. The van der Waals surface area contributed by atoms with Gasteiger partial charge in [-0.25, -0.2) is 4.79 Å². The van der Waals surface area contributed by atoms with Crippen molar-refractivity contribution < 1.29 is 4.79 Å². The Balaban J connectivity index is 1.77. The van der Waals surface area contributed by atoms with Crippen LogP contribution in [0.5, 0.6) is 0 Å². The minimum Gasteiger partial charge on any atom is -0.399 e. The third kappa shape index (κ3) is 3.17. The number of hydrogen-bond donors (Lipinski definition) is 2. The van der Waals surface area contributed by atoms with Crippen molar-refractivity contribution in [1.82, 2.24) is 10.2 Å². The van der Waals surface area contributed by atoms with Gasteiger partial charge in [0, 0.05) is 65.0 Å². The monoisotopic (exact) mass is 301 g/mol. The van der Waals surface area contributed by atoms with Crippen molar-refractivity contribution in [1.29, 1.82) is 0 Å². The van der Waals surface area contributed by atoms with E-state index < -0.39 is 0 Å². The maximum atomic E-state index is 11.4. The molecule has 2 heterocycles. The summed E-state index contributed by atoms with van der Waals surface area (Å²) < 4.78 is 1.12. The summed E-state index contributed by atoms with van der Waals surface area (Å²) in [5.41, 5.74) is 8.35. The van der Waals surface area contributed by atoms with E-state index >= 15 is 0 Å². The fourth-order valence-corrected chi connectivity index (χ4v) is 3.75. The Morgan fingerprint density at radius 2 is 2.19 bits per heavy atom. The van der Waals surface area contributed by atoms with E-state index in [4.69, 9.17) is 5.73 Å². The van der Waals surface area contributed by atoms with Crippen LogP contribution in [-0.2, 0) is 4.79 Å². The number of benzene rings is 1. The molecule has 3 N–H and O–H groups in total. The second kappa shape index (κ2) is 6.41. The maximum Gasteiger partial charge on any atom is 0.128 e. The smallest absolute Gasteiger partial charge is 0.128 e. The van der Waals surface area contributed by atoms with Crippen LogP contribution in [0.15, 0.2) is 23.6 Å². The minimum atomic E-state index is 0.750. The van der Waals surface area contributed by atoms with Crippen molar-refractivity contribution in [3.05, 3.63) is 29.1 Å². The highest BCUT2D eigenvalue weighted by atomic mass is 32.1. The first-order valence-corrected chi connectivity index (χ1v) is 8.10. The van der Waals surface area contributed by atoms with Crippen LogP contribution in [0.25, 0.3) is 15.7 Å². The molecule has 1 saturated heterocycles. The number of piperazine rings is 1. The summed E-state index contributed by atoms with van der Waals surface area (Å²) in [7, 11) is 0. The molecule has 0 spiro atoms. The highest BCUT2D eigenvalue weighted by molar-refractivity contribution is 7.17. The second-order valence-electron chi connectivity index (χ2n) is 5.33. The Labute approximate surface area is 128 Å². The van der Waals surface area contributed by atoms with Gasteiger partial charge >= 0.3 is 0 Å². The number of nitrogen functional groups attached to an aromatic ring is 1. The minimum absolute atomic E-state index is 0.750. The third-order valence-electron chi connectivity index (χ3n) is 3.94. The van der Waals surface area contributed by atoms with Gasteiger partial charge in [-0.05, 0) is 18.6 Å². The van der Waals surface area contributed by atoms with Crippen molar-refractivity contribution in [3.63, 3.8) is 0 Å². The van der Waals surface area contributed by atoms with Gasteiger partial charge in [0.05, 0.1) is 0 Å². The molecule has 0 amide bonds. The van der Waals surface area contributed by atoms with E-state index in [1.54, 1.807) is 11.3 Å². The molecule has 4 nitrogen and oxygen atoms in total. The highest BCUT2D eigenvalue weighted by Gasteiger charge is 2.14. The molecule has 0 aliphatic carbocycles. The molecule has 3 rings (SSSR count). The molecule has 0 saturated carbocycles. The summed E-state index contributed by atoms with van der Waals surface area (Å²) in [5, 5.41) is 6.49.